The van der Waals surface area contributed by atoms with E-state index in [1.54, 1.807) is 13.8 Å². The van der Waals surface area contributed by atoms with E-state index in [2.05, 4.69) is 5.32 Å². The lowest BCUT2D eigenvalue weighted by Gasteiger charge is -2.25. The van der Waals surface area contributed by atoms with Crippen LogP contribution in [0.15, 0.2) is 24.3 Å². The number of benzene rings is 1. The summed E-state index contributed by atoms with van der Waals surface area (Å²) in [6, 6.07) is 7.30. The lowest BCUT2D eigenvalue weighted by Crippen LogP contribution is -2.46. The van der Waals surface area contributed by atoms with Gasteiger partial charge in [0.2, 0.25) is 0 Å². The van der Waals surface area contributed by atoms with Crippen LogP contribution in [0.5, 0.6) is 0 Å². The molecule has 5 nitrogen and oxygen atoms in total. The molecule has 1 rings (SSSR count). The molecule has 2 N–H and O–H groups in total. The van der Waals surface area contributed by atoms with E-state index in [0.717, 1.165) is 11.1 Å². The number of rotatable bonds is 5. The van der Waals surface area contributed by atoms with Crippen LogP contribution >= 0.6 is 0 Å². The van der Waals surface area contributed by atoms with E-state index < -0.39 is 5.97 Å². The molecule has 0 fully saturated rings. The van der Waals surface area contributed by atoms with Gasteiger partial charge in [-0.05, 0) is 26.3 Å². The Balaban J connectivity index is 2.57. The van der Waals surface area contributed by atoms with Crippen molar-refractivity contribution in [3.63, 3.8) is 0 Å². The molecule has 0 bridgehead atoms. The minimum Gasteiger partial charge on any atom is -0.480 e. The number of carboxylic acid groups (broad SMARTS) is 1. The second kappa shape index (κ2) is 6.78. The molecule has 0 aliphatic carbocycles. The highest BCUT2D eigenvalue weighted by atomic mass is 16.4. The molecule has 19 heavy (non-hydrogen) atoms. The lowest BCUT2D eigenvalue weighted by molar-refractivity contribution is -0.138. The number of nitrogens with one attached hydrogen (secondary N) is 1. The summed E-state index contributed by atoms with van der Waals surface area (Å²) in [7, 11) is 0. The quantitative estimate of drug-likeness (QED) is 0.854. The highest BCUT2D eigenvalue weighted by Crippen LogP contribution is 2.04. The summed E-state index contributed by atoms with van der Waals surface area (Å²) < 4.78 is 0. The summed E-state index contributed by atoms with van der Waals surface area (Å²) in [6.07, 6.45) is 0. The fourth-order valence-corrected chi connectivity index (χ4v) is 1.62. The molecule has 0 aliphatic heterocycles. The summed E-state index contributed by atoms with van der Waals surface area (Å²) in [6.45, 7) is 5.66. The topological polar surface area (TPSA) is 69.6 Å². The van der Waals surface area contributed by atoms with Crippen molar-refractivity contribution in [2.45, 2.75) is 33.4 Å². The van der Waals surface area contributed by atoms with Crippen molar-refractivity contribution in [1.29, 1.82) is 0 Å². The van der Waals surface area contributed by atoms with Crippen molar-refractivity contribution in [1.82, 2.24) is 10.2 Å². The molecule has 0 saturated heterocycles. The van der Waals surface area contributed by atoms with Crippen molar-refractivity contribution in [3.05, 3.63) is 35.4 Å². The van der Waals surface area contributed by atoms with Gasteiger partial charge >= 0.3 is 12.0 Å². The second-order valence-corrected chi connectivity index (χ2v) is 4.76. The summed E-state index contributed by atoms with van der Waals surface area (Å²) in [4.78, 5) is 23.9. The van der Waals surface area contributed by atoms with Gasteiger partial charge in [0.15, 0.2) is 0 Å². The third-order valence-corrected chi connectivity index (χ3v) is 2.75. The molecule has 0 saturated carbocycles. The first-order chi connectivity index (χ1) is 8.90. The Bertz CT molecular complexity index is 441. The van der Waals surface area contributed by atoms with E-state index in [-0.39, 0.29) is 18.6 Å². The minimum atomic E-state index is -1.01. The van der Waals surface area contributed by atoms with Gasteiger partial charge in [-0.1, -0.05) is 29.8 Å². The highest BCUT2D eigenvalue weighted by molar-refractivity contribution is 5.80. The first-order valence-corrected chi connectivity index (χ1v) is 6.22. The smallest absolute Gasteiger partial charge is 0.323 e. The van der Waals surface area contributed by atoms with E-state index in [1.807, 2.05) is 31.2 Å². The number of nitrogens with zero attached hydrogens (tertiary/aromatic N) is 1. The fourth-order valence-electron chi connectivity index (χ4n) is 1.62. The summed E-state index contributed by atoms with van der Waals surface area (Å²) in [5.74, 6) is -1.01. The van der Waals surface area contributed by atoms with Crippen LogP contribution in [0.1, 0.15) is 25.0 Å². The van der Waals surface area contributed by atoms with E-state index in [1.165, 1.54) is 4.90 Å². The Morgan fingerprint density at radius 2 is 1.84 bits per heavy atom. The van der Waals surface area contributed by atoms with E-state index in [4.69, 9.17) is 5.11 Å². The number of hydrogen-bond acceptors (Lipinski definition) is 2. The predicted octanol–water partition coefficient (Wildman–Crippen LogP) is 2.00. The maximum atomic E-state index is 11.9. The second-order valence-electron chi connectivity index (χ2n) is 4.76. The Morgan fingerprint density at radius 3 is 2.32 bits per heavy atom. The Hall–Kier alpha value is -2.04. The zero-order valence-corrected chi connectivity index (χ0v) is 11.5. The molecular weight excluding hydrogens is 244 g/mol. The molecule has 0 atom stereocenters. The van der Waals surface area contributed by atoms with Crippen molar-refractivity contribution >= 4 is 12.0 Å². The third-order valence-electron chi connectivity index (χ3n) is 2.75. The van der Waals surface area contributed by atoms with Gasteiger partial charge in [0.05, 0.1) is 0 Å². The Labute approximate surface area is 113 Å². The number of carbonyl (C=O) groups is 2. The molecule has 104 valence electrons. The largest absolute Gasteiger partial charge is 0.480 e. The van der Waals surface area contributed by atoms with Gasteiger partial charge in [-0.15, -0.1) is 0 Å². The van der Waals surface area contributed by atoms with Gasteiger partial charge in [0, 0.05) is 12.6 Å². The van der Waals surface area contributed by atoms with Crippen LogP contribution in [-0.4, -0.2) is 34.6 Å². The molecular formula is C14H20N2O3. The zero-order chi connectivity index (χ0) is 14.4. The van der Waals surface area contributed by atoms with E-state index in [9.17, 15) is 9.59 Å². The molecule has 0 spiro atoms. The molecule has 0 aliphatic rings. The van der Waals surface area contributed by atoms with Crippen LogP contribution in [0.4, 0.5) is 4.79 Å². The monoisotopic (exact) mass is 264 g/mol. The summed E-state index contributed by atoms with van der Waals surface area (Å²) in [5, 5.41) is 11.5. The highest BCUT2D eigenvalue weighted by Gasteiger charge is 2.19. The normalized spacial score (nSPS) is 10.3. The van der Waals surface area contributed by atoms with Crippen LogP contribution in [0, 0.1) is 6.92 Å². The molecule has 0 heterocycles. The van der Waals surface area contributed by atoms with Crippen LogP contribution in [0.2, 0.25) is 0 Å². The van der Waals surface area contributed by atoms with E-state index >= 15 is 0 Å². The maximum absolute atomic E-state index is 11.9. The van der Waals surface area contributed by atoms with Crippen molar-refractivity contribution in [2.24, 2.45) is 0 Å². The van der Waals surface area contributed by atoms with Crippen LogP contribution in [0.3, 0.4) is 0 Å². The minimum absolute atomic E-state index is 0.158. The molecule has 0 aromatic heterocycles. The summed E-state index contributed by atoms with van der Waals surface area (Å²) >= 11 is 0. The van der Waals surface area contributed by atoms with Crippen molar-refractivity contribution in [2.75, 3.05) is 6.54 Å². The van der Waals surface area contributed by atoms with Crippen molar-refractivity contribution in [3.8, 4) is 0 Å². The molecule has 1 aromatic rings. The van der Waals surface area contributed by atoms with Gasteiger partial charge < -0.3 is 15.3 Å². The van der Waals surface area contributed by atoms with Crippen LogP contribution < -0.4 is 5.32 Å². The SMILES string of the molecule is Cc1ccc(CNC(=O)N(CC(=O)O)C(C)C)cc1. The average Bonchev–Trinajstić information content (AvgIpc) is 2.34. The van der Waals surface area contributed by atoms with Gasteiger partial charge in [-0.2, -0.15) is 0 Å². The fraction of sp³-hybridized carbons (Fsp3) is 0.429. The lowest BCUT2D eigenvalue weighted by atomic mass is 10.1. The number of aryl methyl sites for hydroxylation is 1. The predicted molar refractivity (Wildman–Crippen MR) is 72.9 cm³/mol. The number of urea groups is 1. The summed E-state index contributed by atoms with van der Waals surface area (Å²) in [5.41, 5.74) is 2.14. The standard InChI is InChI=1S/C14H20N2O3/c1-10(2)16(9-13(17)18)14(19)15-8-12-6-4-11(3)5-7-12/h4-7,10H,8-9H2,1-3H3,(H,15,19)(H,17,18). The number of amides is 2. The van der Waals surface area contributed by atoms with E-state index in [0.29, 0.717) is 6.54 Å². The molecule has 2 amide bonds. The Morgan fingerprint density at radius 1 is 1.26 bits per heavy atom. The van der Waals surface area contributed by atoms with Crippen LogP contribution in [-0.2, 0) is 11.3 Å². The zero-order valence-electron chi connectivity index (χ0n) is 11.5. The molecule has 0 radical (unpaired) electrons. The molecule has 0 unspecified atom stereocenters. The van der Waals surface area contributed by atoms with Gasteiger partial charge in [-0.3, -0.25) is 4.79 Å². The van der Waals surface area contributed by atoms with Crippen LogP contribution in [0.25, 0.3) is 0 Å². The van der Waals surface area contributed by atoms with Gasteiger partial charge in [0.25, 0.3) is 0 Å². The number of hydrogen-bond donors (Lipinski definition) is 2. The Kier molecular flexibility index (Phi) is 5.36. The number of carbonyl (C=O) groups excluding carboxylic acids is 1. The third kappa shape index (κ3) is 4.99. The van der Waals surface area contributed by atoms with Crippen molar-refractivity contribution < 1.29 is 14.7 Å². The molecule has 5 heteroatoms. The first kappa shape index (κ1) is 15.0. The first-order valence-electron chi connectivity index (χ1n) is 6.22. The number of carboxylic acids is 1. The molecule has 1 aromatic carbocycles. The van der Waals surface area contributed by atoms with Gasteiger partial charge in [0.1, 0.15) is 6.54 Å². The number of aliphatic carboxylic acids is 1. The van der Waals surface area contributed by atoms with Gasteiger partial charge in [-0.25, -0.2) is 4.79 Å². The average molecular weight is 264 g/mol. The maximum Gasteiger partial charge on any atom is 0.323 e.